The van der Waals surface area contributed by atoms with Crippen molar-refractivity contribution in [1.82, 2.24) is 5.32 Å². The zero-order chi connectivity index (χ0) is 9.84. The Morgan fingerprint density at radius 2 is 2.15 bits per heavy atom. The van der Waals surface area contributed by atoms with Crippen molar-refractivity contribution in [2.24, 2.45) is 0 Å². The van der Waals surface area contributed by atoms with Crippen LogP contribution < -0.4 is 10.6 Å². The largest absolute Gasteiger partial charge is 0.341 e. The van der Waals surface area contributed by atoms with Crippen molar-refractivity contribution in [3.8, 4) is 0 Å². The first-order valence-electron chi connectivity index (χ1n) is 3.89. The molecule has 2 N–H and O–H groups in total. The van der Waals surface area contributed by atoms with E-state index in [9.17, 15) is 4.79 Å². The number of amides is 2. The van der Waals surface area contributed by atoms with Crippen LogP contribution in [-0.2, 0) is 0 Å². The molecule has 0 saturated carbocycles. The average Bonchev–Trinajstić information content (AvgIpc) is 2.13. The summed E-state index contributed by atoms with van der Waals surface area (Å²) in [5.41, 5.74) is 1.60. The van der Waals surface area contributed by atoms with E-state index in [1.165, 1.54) is 0 Å². The number of carbonyl (C=O) groups is 1. The van der Waals surface area contributed by atoms with E-state index in [1.807, 2.05) is 6.92 Å². The van der Waals surface area contributed by atoms with Crippen molar-refractivity contribution < 1.29 is 4.79 Å². The zero-order valence-electron chi connectivity index (χ0n) is 7.52. The predicted octanol–water partition coefficient (Wildman–Crippen LogP) is 2.40. The van der Waals surface area contributed by atoms with Gasteiger partial charge in [-0.2, -0.15) is 0 Å². The fraction of sp³-hybridized carbons (Fsp3) is 0.222. The molecule has 13 heavy (non-hydrogen) atoms. The van der Waals surface area contributed by atoms with Crippen LogP contribution in [-0.4, -0.2) is 13.1 Å². The molecule has 70 valence electrons. The molecule has 0 saturated heterocycles. The first-order valence-corrected chi connectivity index (χ1v) is 4.27. The van der Waals surface area contributed by atoms with Crippen molar-refractivity contribution in [2.75, 3.05) is 12.4 Å². The summed E-state index contributed by atoms with van der Waals surface area (Å²) in [5, 5.41) is 5.78. The fourth-order valence-corrected chi connectivity index (χ4v) is 1.10. The summed E-state index contributed by atoms with van der Waals surface area (Å²) >= 11 is 5.87. The first kappa shape index (κ1) is 9.86. The highest BCUT2D eigenvalue weighted by atomic mass is 35.5. The second-order valence-corrected chi connectivity index (χ2v) is 3.02. The van der Waals surface area contributed by atoms with Crippen LogP contribution in [0.3, 0.4) is 0 Å². The van der Waals surface area contributed by atoms with E-state index in [0.29, 0.717) is 5.02 Å². The van der Waals surface area contributed by atoms with Crippen LogP contribution in [0.25, 0.3) is 0 Å². The molecule has 0 unspecified atom stereocenters. The van der Waals surface area contributed by atoms with Gasteiger partial charge in [0.2, 0.25) is 0 Å². The molecule has 4 heteroatoms. The minimum atomic E-state index is -0.245. The Hall–Kier alpha value is -1.22. The number of anilines is 1. The smallest absolute Gasteiger partial charge is 0.318 e. The molecule has 3 nitrogen and oxygen atoms in total. The summed E-state index contributed by atoms with van der Waals surface area (Å²) in [5.74, 6) is 0. The number of carbonyl (C=O) groups excluding carboxylic acids is 1. The van der Waals surface area contributed by atoms with Gasteiger partial charge in [0.15, 0.2) is 0 Å². The lowest BCUT2D eigenvalue weighted by Gasteiger charge is -2.08. The van der Waals surface area contributed by atoms with Crippen molar-refractivity contribution in [3.05, 3.63) is 28.8 Å². The van der Waals surface area contributed by atoms with E-state index in [4.69, 9.17) is 11.6 Å². The van der Waals surface area contributed by atoms with Crippen molar-refractivity contribution in [2.45, 2.75) is 6.92 Å². The third-order valence-corrected chi connectivity index (χ3v) is 2.15. The van der Waals surface area contributed by atoms with Gasteiger partial charge >= 0.3 is 6.03 Å². The third kappa shape index (κ3) is 2.36. The van der Waals surface area contributed by atoms with E-state index in [1.54, 1.807) is 25.2 Å². The fourth-order valence-electron chi connectivity index (χ4n) is 0.928. The predicted molar refractivity (Wildman–Crippen MR) is 54.3 cm³/mol. The van der Waals surface area contributed by atoms with E-state index in [2.05, 4.69) is 10.6 Å². The van der Waals surface area contributed by atoms with Crippen LogP contribution in [0.5, 0.6) is 0 Å². The molecular weight excluding hydrogens is 188 g/mol. The Morgan fingerprint density at radius 1 is 1.46 bits per heavy atom. The maximum absolute atomic E-state index is 11.0. The van der Waals surface area contributed by atoms with Gasteiger partial charge in [-0.1, -0.05) is 17.7 Å². The molecular formula is C9H11ClN2O. The van der Waals surface area contributed by atoms with Crippen LogP contribution in [0.2, 0.25) is 5.02 Å². The van der Waals surface area contributed by atoms with Crippen molar-refractivity contribution in [3.63, 3.8) is 0 Å². The Labute approximate surface area is 82.1 Å². The maximum atomic E-state index is 11.0. The summed E-state index contributed by atoms with van der Waals surface area (Å²) in [7, 11) is 1.56. The van der Waals surface area contributed by atoms with E-state index in [0.717, 1.165) is 11.3 Å². The Kier molecular flexibility index (Phi) is 3.14. The summed E-state index contributed by atoms with van der Waals surface area (Å²) in [6, 6.07) is 5.13. The monoisotopic (exact) mass is 198 g/mol. The maximum Gasteiger partial charge on any atom is 0.318 e. The van der Waals surface area contributed by atoms with E-state index < -0.39 is 0 Å². The summed E-state index contributed by atoms with van der Waals surface area (Å²) in [6.07, 6.45) is 0. The molecule has 2 amide bonds. The quantitative estimate of drug-likeness (QED) is 0.715. The molecule has 0 fully saturated rings. The summed E-state index contributed by atoms with van der Waals surface area (Å²) < 4.78 is 0. The molecule has 0 spiro atoms. The number of urea groups is 1. The number of hydrogen-bond donors (Lipinski definition) is 2. The Bertz CT molecular complexity index is 325. The van der Waals surface area contributed by atoms with Gasteiger partial charge in [-0.05, 0) is 24.6 Å². The molecule has 0 aromatic heterocycles. The van der Waals surface area contributed by atoms with Crippen molar-refractivity contribution >= 4 is 23.3 Å². The van der Waals surface area contributed by atoms with Crippen LogP contribution >= 0.6 is 11.6 Å². The van der Waals surface area contributed by atoms with Gasteiger partial charge in [0.1, 0.15) is 0 Å². The van der Waals surface area contributed by atoms with E-state index in [-0.39, 0.29) is 6.03 Å². The molecule has 0 radical (unpaired) electrons. The molecule has 1 aromatic rings. The second kappa shape index (κ2) is 4.14. The highest BCUT2D eigenvalue weighted by Crippen LogP contribution is 2.22. The highest BCUT2D eigenvalue weighted by molar-refractivity contribution is 6.31. The second-order valence-electron chi connectivity index (χ2n) is 2.62. The standard InChI is InChI=1S/C9H11ClN2O/c1-6-7(10)4-3-5-8(6)12-9(13)11-2/h3-5H,1-2H3,(H2,11,12,13). The Morgan fingerprint density at radius 3 is 2.77 bits per heavy atom. The van der Waals surface area contributed by atoms with Crippen LogP contribution in [0.15, 0.2) is 18.2 Å². The number of benzene rings is 1. The third-order valence-electron chi connectivity index (χ3n) is 1.74. The Balaban J connectivity index is 2.89. The van der Waals surface area contributed by atoms with Crippen LogP contribution in [0, 0.1) is 6.92 Å². The molecule has 1 rings (SSSR count). The van der Waals surface area contributed by atoms with Gasteiger partial charge in [-0.15, -0.1) is 0 Å². The van der Waals surface area contributed by atoms with Gasteiger partial charge in [0.05, 0.1) is 0 Å². The van der Waals surface area contributed by atoms with Gasteiger partial charge in [-0.25, -0.2) is 4.79 Å². The lowest BCUT2D eigenvalue weighted by atomic mass is 10.2. The number of hydrogen-bond acceptors (Lipinski definition) is 1. The number of nitrogens with one attached hydrogen (secondary N) is 2. The van der Waals surface area contributed by atoms with Crippen molar-refractivity contribution in [1.29, 1.82) is 0 Å². The van der Waals surface area contributed by atoms with Gasteiger partial charge in [-0.3, -0.25) is 0 Å². The minimum Gasteiger partial charge on any atom is -0.341 e. The van der Waals surface area contributed by atoms with Crippen LogP contribution in [0.4, 0.5) is 10.5 Å². The molecule has 0 heterocycles. The van der Waals surface area contributed by atoms with Crippen LogP contribution in [0.1, 0.15) is 5.56 Å². The average molecular weight is 199 g/mol. The molecule has 0 aliphatic carbocycles. The summed E-state index contributed by atoms with van der Waals surface area (Å²) in [4.78, 5) is 11.0. The lowest BCUT2D eigenvalue weighted by Crippen LogP contribution is -2.24. The SMILES string of the molecule is CNC(=O)Nc1cccc(Cl)c1C. The first-order chi connectivity index (χ1) is 6.15. The van der Waals surface area contributed by atoms with Gasteiger partial charge < -0.3 is 10.6 Å². The number of halogens is 1. The molecule has 0 bridgehead atoms. The molecule has 0 aliphatic heterocycles. The highest BCUT2D eigenvalue weighted by Gasteiger charge is 2.03. The normalized spacial score (nSPS) is 9.46. The molecule has 0 atom stereocenters. The van der Waals surface area contributed by atoms with E-state index >= 15 is 0 Å². The lowest BCUT2D eigenvalue weighted by molar-refractivity contribution is 0.254. The number of rotatable bonds is 1. The van der Waals surface area contributed by atoms with Gasteiger partial charge in [0.25, 0.3) is 0 Å². The minimum absolute atomic E-state index is 0.245. The van der Waals surface area contributed by atoms with Gasteiger partial charge in [0, 0.05) is 17.8 Å². The molecule has 0 aliphatic rings. The molecule has 1 aromatic carbocycles. The zero-order valence-corrected chi connectivity index (χ0v) is 8.27. The summed E-state index contributed by atoms with van der Waals surface area (Å²) in [6.45, 7) is 1.85. The topological polar surface area (TPSA) is 41.1 Å².